The summed E-state index contributed by atoms with van der Waals surface area (Å²) in [5.41, 5.74) is 3.01. The minimum atomic E-state index is -0.552. The van der Waals surface area contributed by atoms with E-state index in [0.717, 1.165) is 44.2 Å². The Labute approximate surface area is 325 Å². The Hall–Kier alpha value is -6.22. The van der Waals surface area contributed by atoms with Crippen LogP contribution in [0.1, 0.15) is 25.0 Å². The van der Waals surface area contributed by atoms with Crippen LogP contribution in [0.5, 0.6) is 23.0 Å². The minimum Gasteiger partial charge on any atom is -0.493 e. The van der Waals surface area contributed by atoms with E-state index in [1.165, 1.54) is 12.2 Å². The van der Waals surface area contributed by atoms with Gasteiger partial charge in [-0.2, -0.15) is 0 Å². The van der Waals surface area contributed by atoms with Gasteiger partial charge in [-0.05, 0) is 81.2 Å². The van der Waals surface area contributed by atoms with Gasteiger partial charge in [0.1, 0.15) is 23.0 Å². The van der Waals surface area contributed by atoms with E-state index >= 15 is 0 Å². The number of esters is 2. The third-order valence-corrected chi connectivity index (χ3v) is 10.0. The Bertz CT molecular complexity index is 2260. The number of fused-ring (bicyclic) bond motifs is 2. The quantitative estimate of drug-likeness (QED) is 0.0656. The van der Waals surface area contributed by atoms with Crippen LogP contribution in [-0.2, 0) is 19.1 Å². The highest BCUT2D eigenvalue weighted by Crippen LogP contribution is 2.45. The van der Waals surface area contributed by atoms with Gasteiger partial charge in [0.15, 0.2) is 0 Å². The zero-order valence-corrected chi connectivity index (χ0v) is 31.4. The van der Waals surface area contributed by atoms with Gasteiger partial charge in [0, 0.05) is 34.1 Å². The largest absolute Gasteiger partial charge is 0.493 e. The predicted molar refractivity (Wildman–Crippen MR) is 218 cm³/mol. The van der Waals surface area contributed by atoms with Crippen LogP contribution in [0, 0.1) is 10.8 Å². The van der Waals surface area contributed by atoms with Crippen LogP contribution in [0.25, 0.3) is 44.8 Å². The van der Waals surface area contributed by atoms with Gasteiger partial charge in [-0.15, -0.1) is 0 Å². The van der Waals surface area contributed by atoms with E-state index in [0.29, 0.717) is 62.3 Å². The molecule has 0 amide bonds. The second-order valence-corrected chi connectivity index (χ2v) is 15.2. The van der Waals surface area contributed by atoms with E-state index in [1.54, 1.807) is 24.3 Å². The van der Waals surface area contributed by atoms with Gasteiger partial charge in [0.05, 0.1) is 39.6 Å². The van der Waals surface area contributed by atoms with Gasteiger partial charge in [0.2, 0.25) is 0 Å². The van der Waals surface area contributed by atoms with E-state index in [-0.39, 0.29) is 10.8 Å². The van der Waals surface area contributed by atoms with Crippen LogP contribution < -0.4 is 18.9 Å². The lowest BCUT2D eigenvalue weighted by Crippen LogP contribution is -2.44. The number of carbonyl (C=O) groups excluding carboxylic acids is 2. The fraction of sp³-hybridized carbons (Fsp3) is 0.208. The molecule has 282 valence electrons. The number of rotatable bonds is 13. The fourth-order valence-corrected chi connectivity index (χ4v) is 6.74. The molecule has 8 nitrogen and oxygen atoms in total. The zero-order valence-electron chi connectivity index (χ0n) is 31.4. The average Bonchev–Trinajstić information content (AvgIpc) is 3.20. The van der Waals surface area contributed by atoms with Gasteiger partial charge < -0.3 is 28.4 Å². The molecule has 0 spiro atoms. The SMILES string of the molecule is CC1(COc2ccc(/C=C/C(=O)Oc3ccc4ccccc4c3-c3c(OC(=O)/C=C/c4ccc(OCC5(C)COC5)cc4)ccc4ccccc34)cc2)COC1. The first-order valence-corrected chi connectivity index (χ1v) is 18.7. The van der Waals surface area contributed by atoms with Crippen molar-refractivity contribution in [3.05, 3.63) is 145 Å². The van der Waals surface area contributed by atoms with Crippen molar-refractivity contribution in [3.8, 4) is 34.1 Å². The number of carbonyl (C=O) groups is 2. The zero-order chi connectivity index (χ0) is 38.5. The molecule has 0 aliphatic carbocycles. The maximum absolute atomic E-state index is 13.4. The molecule has 2 aliphatic rings. The highest BCUT2D eigenvalue weighted by molar-refractivity contribution is 6.11. The monoisotopic (exact) mass is 746 g/mol. The van der Waals surface area contributed by atoms with E-state index in [1.807, 2.05) is 109 Å². The third-order valence-electron chi connectivity index (χ3n) is 10.0. The first-order valence-electron chi connectivity index (χ1n) is 18.7. The normalized spacial score (nSPS) is 15.7. The molecule has 0 unspecified atom stereocenters. The molecule has 0 radical (unpaired) electrons. The van der Waals surface area contributed by atoms with Crippen molar-refractivity contribution in [2.24, 2.45) is 10.8 Å². The Balaban J connectivity index is 1.04. The fourth-order valence-electron chi connectivity index (χ4n) is 6.74. The van der Waals surface area contributed by atoms with Crippen LogP contribution in [-0.4, -0.2) is 51.6 Å². The molecule has 8 rings (SSSR count). The molecular weight excluding hydrogens is 705 g/mol. The van der Waals surface area contributed by atoms with Gasteiger partial charge in [-0.3, -0.25) is 0 Å². The highest BCUT2D eigenvalue weighted by atomic mass is 16.5. The molecule has 6 aromatic rings. The van der Waals surface area contributed by atoms with Crippen molar-refractivity contribution in [3.63, 3.8) is 0 Å². The smallest absolute Gasteiger partial charge is 0.336 e. The summed E-state index contributed by atoms with van der Waals surface area (Å²) in [6.45, 7) is 8.22. The van der Waals surface area contributed by atoms with E-state index in [4.69, 9.17) is 28.4 Å². The van der Waals surface area contributed by atoms with Gasteiger partial charge in [-0.1, -0.05) is 98.8 Å². The maximum Gasteiger partial charge on any atom is 0.336 e. The van der Waals surface area contributed by atoms with Crippen LogP contribution in [0.2, 0.25) is 0 Å². The Morgan fingerprint density at radius 1 is 0.536 bits per heavy atom. The standard InChI is InChI=1S/C48H42O8/c1-47(27-51-28-47)31-53-37-19-11-33(12-20-37)15-25-43(49)55-41-23-17-35-7-3-5-9-39(35)45(41)46-40-10-6-4-8-36(40)18-24-42(46)56-44(50)26-16-34-13-21-38(22-14-34)54-32-48(2)29-52-30-48/h3-26H,27-32H2,1-2H3/b25-15+,26-16+. The van der Waals surface area contributed by atoms with Gasteiger partial charge in [-0.25, -0.2) is 9.59 Å². The molecule has 8 heteroatoms. The molecule has 0 bridgehead atoms. The lowest BCUT2D eigenvalue weighted by molar-refractivity contribution is -0.129. The summed E-state index contributed by atoms with van der Waals surface area (Å²) in [6, 6.07) is 38.2. The van der Waals surface area contributed by atoms with Crippen LogP contribution >= 0.6 is 0 Å². The van der Waals surface area contributed by atoms with Crippen LogP contribution in [0.3, 0.4) is 0 Å². The molecule has 0 aromatic heterocycles. The Morgan fingerprint density at radius 2 is 0.929 bits per heavy atom. The van der Waals surface area contributed by atoms with E-state index in [9.17, 15) is 9.59 Å². The number of benzene rings is 6. The molecular formula is C48H42O8. The van der Waals surface area contributed by atoms with Crippen molar-refractivity contribution in [1.82, 2.24) is 0 Å². The molecule has 2 heterocycles. The van der Waals surface area contributed by atoms with E-state index < -0.39 is 11.9 Å². The Kier molecular flexibility index (Phi) is 10.4. The first kappa shape index (κ1) is 36.7. The second-order valence-electron chi connectivity index (χ2n) is 15.2. The molecule has 2 saturated heterocycles. The molecule has 2 fully saturated rings. The number of hydrogen-bond acceptors (Lipinski definition) is 8. The summed E-state index contributed by atoms with van der Waals surface area (Å²) >= 11 is 0. The van der Waals surface area contributed by atoms with Crippen LogP contribution in [0.15, 0.2) is 133 Å². The van der Waals surface area contributed by atoms with Crippen molar-refractivity contribution in [2.45, 2.75) is 13.8 Å². The maximum atomic E-state index is 13.4. The Morgan fingerprint density at radius 3 is 1.30 bits per heavy atom. The lowest BCUT2D eigenvalue weighted by atomic mass is 9.90. The second kappa shape index (κ2) is 15.9. The molecule has 0 N–H and O–H groups in total. The molecule has 56 heavy (non-hydrogen) atoms. The predicted octanol–water partition coefficient (Wildman–Crippen LogP) is 9.73. The van der Waals surface area contributed by atoms with E-state index in [2.05, 4.69) is 13.8 Å². The topological polar surface area (TPSA) is 89.5 Å². The van der Waals surface area contributed by atoms with Crippen molar-refractivity contribution >= 4 is 45.6 Å². The summed E-state index contributed by atoms with van der Waals surface area (Å²) < 4.78 is 34.7. The van der Waals surface area contributed by atoms with Crippen LogP contribution in [0.4, 0.5) is 0 Å². The minimum absolute atomic E-state index is 0.0451. The summed E-state index contributed by atoms with van der Waals surface area (Å²) in [4.78, 5) is 26.9. The first-order chi connectivity index (χ1) is 27.2. The average molecular weight is 747 g/mol. The molecule has 0 atom stereocenters. The highest BCUT2D eigenvalue weighted by Gasteiger charge is 2.35. The molecule has 0 saturated carbocycles. The summed E-state index contributed by atoms with van der Waals surface area (Å²) in [6.07, 6.45) is 6.21. The van der Waals surface area contributed by atoms with Crippen molar-refractivity contribution in [1.29, 1.82) is 0 Å². The lowest BCUT2D eigenvalue weighted by Gasteiger charge is -2.37. The van der Waals surface area contributed by atoms with Crippen molar-refractivity contribution in [2.75, 3.05) is 39.6 Å². The molecule has 6 aromatic carbocycles. The summed E-state index contributed by atoms with van der Waals surface area (Å²) in [7, 11) is 0. The van der Waals surface area contributed by atoms with Crippen molar-refractivity contribution < 1.29 is 38.0 Å². The van der Waals surface area contributed by atoms with Gasteiger partial charge >= 0.3 is 11.9 Å². The third kappa shape index (κ3) is 8.37. The number of ether oxygens (including phenoxy) is 6. The summed E-state index contributed by atoms with van der Waals surface area (Å²) in [5.74, 6) is 1.07. The molecule has 2 aliphatic heterocycles. The summed E-state index contributed by atoms with van der Waals surface area (Å²) in [5, 5.41) is 3.55. The van der Waals surface area contributed by atoms with Gasteiger partial charge in [0.25, 0.3) is 0 Å². The number of hydrogen-bond donors (Lipinski definition) is 0.